The van der Waals surface area contributed by atoms with Crippen molar-refractivity contribution in [2.75, 3.05) is 0 Å². The van der Waals surface area contributed by atoms with Crippen molar-refractivity contribution in [3.05, 3.63) is 228 Å². The number of fused-ring (bicyclic) bond motifs is 6. The molecule has 0 atom stereocenters. The van der Waals surface area contributed by atoms with Gasteiger partial charge in [-0.15, -0.1) is 95.9 Å². The maximum Gasteiger partial charge on any atom is 0.176 e. The summed E-state index contributed by atoms with van der Waals surface area (Å²) in [6.07, 6.45) is 50.6. The Hall–Kier alpha value is -2.76. The molecule has 6 aromatic heterocycles. The predicted octanol–water partition coefficient (Wildman–Crippen LogP) is 18.3. The lowest BCUT2D eigenvalue weighted by molar-refractivity contribution is -0.696. The van der Waals surface area contributed by atoms with Gasteiger partial charge in [-0.3, -0.25) is 9.97 Å². The van der Waals surface area contributed by atoms with Crippen LogP contribution in [-0.2, 0) is 39.0 Å². The summed E-state index contributed by atoms with van der Waals surface area (Å²) in [4.78, 5) is 18.3. The molecule has 6 heterocycles. The Morgan fingerprint density at radius 2 is 0.604 bits per heavy atom. The van der Waals surface area contributed by atoms with Gasteiger partial charge in [0.15, 0.2) is 24.8 Å². The van der Waals surface area contributed by atoms with E-state index in [0.717, 1.165) is 59.0 Å². The second-order valence-electron chi connectivity index (χ2n) is 24.7. The fraction of sp³-hybridized carbons (Fsp3) is 0.375. The van der Waals surface area contributed by atoms with Crippen molar-refractivity contribution in [1.29, 1.82) is 0 Å². The quantitative estimate of drug-likeness (QED) is 0.0233. The van der Waals surface area contributed by atoms with Crippen LogP contribution in [0.5, 0.6) is 0 Å². The monoisotopic (exact) mass is 2090 g/mol. The summed E-state index contributed by atoms with van der Waals surface area (Å²) >= 11 is 7.24. The molecular weight excluding hydrogens is 1990 g/mol. The number of hydrogen-bond donors (Lipinski definition) is 0. The molecule has 0 radical (unpaired) electrons. The molecule has 0 aliphatic carbocycles. The van der Waals surface area contributed by atoms with Gasteiger partial charge in [0.05, 0.1) is 34.7 Å². The van der Waals surface area contributed by atoms with Crippen LogP contribution in [-0.4, -0.2) is 29.1 Å². The van der Waals surface area contributed by atoms with Crippen LogP contribution >= 0.6 is 128 Å². The summed E-state index contributed by atoms with van der Waals surface area (Å²) < 4.78 is 11.4. The van der Waals surface area contributed by atoms with Crippen molar-refractivity contribution in [1.82, 2.24) is 29.1 Å². The van der Waals surface area contributed by atoms with Gasteiger partial charge in [-0.25, -0.2) is 19.1 Å². The van der Waals surface area contributed by atoms with Crippen LogP contribution in [0, 0.1) is 0 Å². The summed E-state index contributed by atoms with van der Waals surface area (Å²) in [5.74, 6) is 0. The van der Waals surface area contributed by atoms with Gasteiger partial charge in [0.25, 0.3) is 0 Å². The molecule has 12 rings (SSSR count). The minimum absolute atomic E-state index is 0. The molecule has 12 aromatic rings. The molecule has 6 aromatic carbocycles. The maximum absolute atomic E-state index is 4.67. The molecule has 514 valence electrons. The van der Waals surface area contributed by atoms with E-state index in [-0.39, 0.29) is 144 Å². The van der Waals surface area contributed by atoms with Crippen molar-refractivity contribution >= 4 is 193 Å². The smallest absolute Gasteiger partial charge is 0.176 e. The third-order valence-electron chi connectivity index (χ3n) is 17.9. The lowest BCUT2D eigenvalue weighted by Crippen LogP contribution is -3.00. The Labute approximate surface area is 691 Å². The van der Waals surface area contributed by atoms with E-state index >= 15 is 0 Å². The number of rotatable bonds is 33. The van der Waals surface area contributed by atoms with Crippen molar-refractivity contribution in [2.24, 2.45) is 0 Å². The Balaban J connectivity index is 0.000000298. The van der Waals surface area contributed by atoms with Crippen molar-refractivity contribution in [3.8, 4) is 0 Å². The molecule has 0 aliphatic rings. The average molecular weight is 2090 g/mol. The minimum atomic E-state index is 0. The molecule has 8 nitrogen and oxygen atoms in total. The van der Waals surface area contributed by atoms with Crippen LogP contribution in [0.25, 0.3) is 65.2 Å². The van der Waals surface area contributed by atoms with Gasteiger partial charge in [0.1, 0.15) is 13.1 Å². The SMILES string of the molecule is Brc1cnc(CCCCCCCCCCc2ncc(Br)c3ccccc23)c2ccccc12.I.I.I.I.[I-].[I-].c1ccc2c(c1)ncn2CCCCCCCCCCn1cnc2ccccc21.c1ccc2c[n+](CCCCCCCCCC[n+]3ccc4ccccc4c3)ccc2c1. The normalized spacial score (nSPS) is 10.7. The number of imidazole rings is 2. The van der Waals surface area contributed by atoms with E-state index < -0.39 is 0 Å². The Morgan fingerprint density at radius 3 is 0.990 bits per heavy atom. The fourth-order valence-electron chi connectivity index (χ4n) is 12.8. The molecule has 0 unspecified atom stereocenters. The molecule has 96 heavy (non-hydrogen) atoms. The fourth-order valence-corrected chi connectivity index (χ4v) is 13.7. The van der Waals surface area contributed by atoms with Gasteiger partial charge in [-0.1, -0.05) is 212 Å². The van der Waals surface area contributed by atoms with Gasteiger partial charge in [0.2, 0.25) is 0 Å². The van der Waals surface area contributed by atoms with E-state index in [4.69, 9.17) is 0 Å². The minimum Gasteiger partial charge on any atom is -1.00 e. The van der Waals surface area contributed by atoms with Gasteiger partial charge < -0.3 is 57.1 Å². The van der Waals surface area contributed by atoms with E-state index in [0.29, 0.717) is 0 Å². The number of unbranched alkanes of at least 4 members (excludes halogenated alkanes) is 21. The van der Waals surface area contributed by atoms with Gasteiger partial charge in [-0.05, 0) is 141 Å². The zero-order valence-corrected chi connectivity index (χ0v) is 72.4. The van der Waals surface area contributed by atoms with Crippen LogP contribution in [0.1, 0.15) is 165 Å². The van der Waals surface area contributed by atoms with E-state index in [2.05, 4.69) is 253 Å². The molecule has 0 saturated heterocycles. The summed E-state index contributed by atoms with van der Waals surface area (Å²) in [7, 11) is 0. The first-order chi connectivity index (χ1) is 44.5. The number of nitrogens with zero attached hydrogens (tertiary/aromatic N) is 8. The van der Waals surface area contributed by atoms with Crippen LogP contribution in [0.2, 0.25) is 0 Å². The second-order valence-corrected chi connectivity index (χ2v) is 26.4. The van der Waals surface area contributed by atoms with Crippen LogP contribution in [0.4, 0.5) is 0 Å². The van der Waals surface area contributed by atoms with Crippen molar-refractivity contribution in [3.63, 3.8) is 0 Å². The third-order valence-corrected chi connectivity index (χ3v) is 19.2. The molecule has 0 fully saturated rings. The molecule has 0 spiro atoms. The second kappa shape index (κ2) is 49.0. The molecule has 0 N–H and O–H groups in total. The van der Waals surface area contributed by atoms with E-state index in [1.165, 1.54) is 220 Å². The van der Waals surface area contributed by atoms with E-state index in [9.17, 15) is 0 Å². The predicted molar refractivity (Wildman–Crippen MR) is 447 cm³/mol. The first-order valence-electron chi connectivity index (χ1n) is 34.1. The lowest BCUT2D eigenvalue weighted by atomic mass is 10.0. The van der Waals surface area contributed by atoms with Crippen LogP contribution in [0.3, 0.4) is 0 Å². The highest BCUT2D eigenvalue weighted by Gasteiger charge is 2.10. The highest BCUT2D eigenvalue weighted by Crippen LogP contribution is 2.28. The number of para-hydroxylation sites is 4. The maximum atomic E-state index is 4.67. The van der Waals surface area contributed by atoms with Gasteiger partial charge in [0, 0.05) is 92.3 Å². The average Bonchev–Trinajstić information content (AvgIpc) is 2.00. The van der Waals surface area contributed by atoms with Crippen LogP contribution in [0.15, 0.2) is 217 Å². The Morgan fingerprint density at radius 1 is 0.302 bits per heavy atom. The van der Waals surface area contributed by atoms with Crippen LogP contribution < -0.4 is 57.1 Å². The summed E-state index contributed by atoms with van der Waals surface area (Å²) in [6, 6.07) is 55.6. The molecule has 0 bridgehead atoms. The standard InChI is InChI=1S/C28H30Br2N2.C28H34N2.C24H30N4.6HI/c29-25-19-31-27(23-15-11-9-13-21(23)25)17-7-5-3-1-2-4-6-8-18-28-24-16-12-10-14-22(24)26(30)20-32-28;1(3-5-11-19-29-21-17-25-13-7-9-15-27(25)23-29)2-4-6-12-20-30-22-18-26-14-8-10-16-28(26)24-30;1(3-5-11-17-27-19-25-21-13-7-9-15-23(21)27)2-4-6-12-18-28-20-26-22-14-8-10-16-24(22)28;;;;;;/h9-16,19-20H,1-8,17-18H2;7-10,13-18,21-24H,1-6,11-12,19-20H2;7-10,13-16,19-20H,1-6,11-12,17-18H2;6*1H/q;+2;;;;;;;/p-2. The van der Waals surface area contributed by atoms with Crippen molar-refractivity contribution < 1.29 is 57.1 Å². The molecule has 0 aliphatic heterocycles. The third kappa shape index (κ3) is 27.5. The number of pyridine rings is 4. The zero-order valence-electron chi connectivity index (χ0n) is 55.6. The zero-order chi connectivity index (χ0) is 61.6. The Bertz CT molecular complexity index is 3850. The molecule has 16 heteroatoms. The van der Waals surface area contributed by atoms with Crippen molar-refractivity contribution in [2.45, 2.75) is 193 Å². The van der Waals surface area contributed by atoms with E-state index in [1.54, 1.807) is 0 Å². The molecule has 0 saturated carbocycles. The highest BCUT2D eigenvalue weighted by molar-refractivity contribution is 14.0. The lowest BCUT2D eigenvalue weighted by Gasteiger charge is -2.08. The Kier molecular flexibility index (Phi) is 43.7. The number of benzene rings is 6. The largest absolute Gasteiger partial charge is 1.00 e. The highest BCUT2D eigenvalue weighted by atomic mass is 127. The number of aromatic nitrogens is 8. The first kappa shape index (κ1) is 85.7. The van der Waals surface area contributed by atoms with Gasteiger partial charge >= 0.3 is 0 Å². The molecular formula is C80H98Br2I6N8. The molecule has 0 amide bonds. The summed E-state index contributed by atoms with van der Waals surface area (Å²) in [5.41, 5.74) is 7.19. The van der Waals surface area contributed by atoms with Gasteiger partial charge in [-0.2, -0.15) is 0 Å². The summed E-state index contributed by atoms with van der Waals surface area (Å²) in [5, 5.41) is 10.4. The van der Waals surface area contributed by atoms with E-state index in [1.807, 2.05) is 25.0 Å². The first-order valence-corrected chi connectivity index (χ1v) is 35.7. The number of halogens is 8. The topological polar surface area (TPSA) is 69.2 Å². The number of hydrogen-bond acceptors (Lipinski definition) is 4. The summed E-state index contributed by atoms with van der Waals surface area (Å²) in [6.45, 7) is 4.43. The number of aryl methyl sites for hydroxylation is 6.